The first kappa shape index (κ1) is 14.7. The normalized spacial score (nSPS) is 10.5. The van der Waals surface area contributed by atoms with Crippen LogP contribution in [0.5, 0.6) is 0 Å². The summed E-state index contributed by atoms with van der Waals surface area (Å²) in [5, 5.41) is 11.1. The Hall–Kier alpha value is -3.22. The molecule has 2 heterocycles. The average Bonchev–Trinajstić information content (AvgIpc) is 3.06. The highest BCUT2D eigenvalue weighted by Crippen LogP contribution is 2.22. The molecule has 2 aromatic heterocycles. The van der Waals surface area contributed by atoms with Crippen LogP contribution in [0.25, 0.3) is 16.9 Å². The van der Waals surface area contributed by atoms with Crippen molar-refractivity contribution >= 4 is 18.0 Å². The molecule has 0 bridgehead atoms. The fraction of sp³-hybridized carbons (Fsp3) is 0.125. The van der Waals surface area contributed by atoms with Gasteiger partial charge in [-0.1, -0.05) is 6.07 Å². The maximum Gasteiger partial charge on any atom is 0.338 e. The number of carbonyl (C=O) groups is 1. The van der Waals surface area contributed by atoms with Gasteiger partial charge in [0.1, 0.15) is 6.61 Å². The number of aromatic nitrogens is 3. The van der Waals surface area contributed by atoms with Crippen LogP contribution in [-0.2, 0) is 16.1 Å². The van der Waals surface area contributed by atoms with Gasteiger partial charge in [-0.2, -0.15) is 5.10 Å². The standard InChI is InChI=1S/C16H14N4O3/c1-22-16(21)13-3-2-11(8-12(13)9-23-10-17)14-5-7-20-15(19-14)4-6-18-20/h2-8,10,17H,9H2,1H3. The van der Waals surface area contributed by atoms with Crippen molar-refractivity contribution in [1.29, 1.82) is 5.41 Å². The number of fused-ring (bicyclic) bond motifs is 1. The molecule has 0 spiro atoms. The minimum Gasteiger partial charge on any atom is -0.479 e. The van der Waals surface area contributed by atoms with E-state index < -0.39 is 5.97 Å². The monoisotopic (exact) mass is 310 g/mol. The molecule has 0 fully saturated rings. The van der Waals surface area contributed by atoms with Gasteiger partial charge in [-0.3, -0.25) is 5.41 Å². The van der Waals surface area contributed by atoms with Gasteiger partial charge in [0.25, 0.3) is 0 Å². The molecule has 23 heavy (non-hydrogen) atoms. The first-order valence-corrected chi connectivity index (χ1v) is 6.85. The lowest BCUT2D eigenvalue weighted by Crippen LogP contribution is -2.07. The Labute approximate surface area is 132 Å². The Balaban J connectivity index is 2.04. The van der Waals surface area contributed by atoms with E-state index in [1.54, 1.807) is 22.8 Å². The summed E-state index contributed by atoms with van der Waals surface area (Å²) in [6.07, 6.45) is 4.33. The number of methoxy groups -OCH3 is 1. The van der Waals surface area contributed by atoms with Crippen LogP contribution in [0.2, 0.25) is 0 Å². The molecule has 7 nitrogen and oxygen atoms in total. The minimum atomic E-state index is -0.445. The number of carbonyl (C=O) groups excluding carboxylic acids is 1. The number of hydrogen-bond donors (Lipinski definition) is 1. The molecule has 1 N–H and O–H groups in total. The van der Waals surface area contributed by atoms with Gasteiger partial charge >= 0.3 is 5.97 Å². The maximum atomic E-state index is 11.8. The molecular weight excluding hydrogens is 296 g/mol. The van der Waals surface area contributed by atoms with E-state index in [-0.39, 0.29) is 6.61 Å². The van der Waals surface area contributed by atoms with Gasteiger partial charge in [-0.25, -0.2) is 14.3 Å². The second-order valence-corrected chi connectivity index (χ2v) is 4.74. The topological polar surface area (TPSA) is 89.6 Å². The Morgan fingerprint density at radius 3 is 3.00 bits per heavy atom. The van der Waals surface area contributed by atoms with Gasteiger partial charge in [0.2, 0.25) is 0 Å². The zero-order valence-corrected chi connectivity index (χ0v) is 12.4. The molecular formula is C16H14N4O3. The second kappa shape index (κ2) is 6.27. The van der Waals surface area contributed by atoms with Crippen LogP contribution in [0.1, 0.15) is 15.9 Å². The molecule has 0 aliphatic carbocycles. The largest absolute Gasteiger partial charge is 0.479 e. The molecule has 0 saturated heterocycles. The molecule has 7 heteroatoms. The quantitative estimate of drug-likeness (QED) is 0.444. The van der Waals surface area contributed by atoms with E-state index in [2.05, 4.69) is 10.1 Å². The van der Waals surface area contributed by atoms with Crippen molar-refractivity contribution in [2.45, 2.75) is 6.61 Å². The van der Waals surface area contributed by atoms with Gasteiger partial charge < -0.3 is 9.47 Å². The lowest BCUT2D eigenvalue weighted by molar-refractivity contribution is 0.0597. The third kappa shape index (κ3) is 2.89. The SMILES string of the molecule is COC(=O)c1ccc(-c2ccn3nccc3n2)cc1COC=N. The molecule has 3 aromatic rings. The van der Waals surface area contributed by atoms with Crippen LogP contribution in [0.4, 0.5) is 0 Å². The van der Waals surface area contributed by atoms with Gasteiger partial charge in [0.05, 0.1) is 24.6 Å². The molecule has 116 valence electrons. The predicted molar refractivity (Wildman–Crippen MR) is 83.3 cm³/mol. The first-order chi connectivity index (χ1) is 11.2. The summed E-state index contributed by atoms with van der Waals surface area (Å²) in [6.45, 7) is 0.108. The first-order valence-electron chi connectivity index (χ1n) is 6.85. The highest BCUT2D eigenvalue weighted by Gasteiger charge is 2.14. The van der Waals surface area contributed by atoms with Crippen LogP contribution in [0, 0.1) is 5.41 Å². The van der Waals surface area contributed by atoms with Crippen LogP contribution < -0.4 is 0 Å². The fourth-order valence-corrected chi connectivity index (χ4v) is 2.29. The summed E-state index contributed by atoms with van der Waals surface area (Å²) >= 11 is 0. The fourth-order valence-electron chi connectivity index (χ4n) is 2.29. The van der Waals surface area contributed by atoms with E-state index in [1.807, 2.05) is 24.4 Å². The summed E-state index contributed by atoms with van der Waals surface area (Å²) in [4.78, 5) is 16.3. The van der Waals surface area contributed by atoms with Crippen molar-refractivity contribution in [3.8, 4) is 11.3 Å². The number of esters is 1. The maximum absolute atomic E-state index is 11.8. The van der Waals surface area contributed by atoms with Crippen molar-refractivity contribution in [3.05, 3.63) is 53.9 Å². The smallest absolute Gasteiger partial charge is 0.338 e. The van der Waals surface area contributed by atoms with E-state index in [1.165, 1.54) is 7.11 Å². The number of rotatable bonds is 5. The van der Waals surface area contributed by atoms with Crippen molar-refractivity contribution in [1.82, 2.24) is 14.6 Å². The third-order valence-corrected chi connectivity index (χ3v) is 3.39. The van der Waals surface area contributed by atoms with Gasteiger partial charge in [-0.05, 0) is 18.2 Å². The van der Waals surface area contributed by atoms with Crippen LogP contribution in [0.3, 0.4) is 0 Å². The number of nitrogens with zero attached hydrogens (tertiary/aromatic N) is 3. The average molecular weight is 310 g/mol. The number of hydrogen-bond acceptors (Lipinski definition) is 6. The van der Waals surface area contributed by atoms with Crippen LogP contribution in [0.15, 0.2) is 42.7 Å². The van der Waals surface area contributed by atoms with Crippen molar-refractivity contribution < 1.29 is 14.3 Å². The molecule has 0 radical (unpaired) electrons. The van der Waals surface area contributed by atoms with E-state index >= 15 is 0 Å². The zero-order valence-electron chi connectivity index (χ0n) is 12.4. The molecule has 0 aliphatic rings. The van der Waals surface area contributed by atoms with Gasteiger partial charge in [-0.15, -0.1) is 0 Å². The molecule has 0 atom stereocenters. The second-order valence-electron chi connectivity index (χ2n) is 4.74. The Morgan fingerprint density at radius 2 is 2.22 bits per heavy atom. The summed E-state index contributed by atoms with van der Waals surface area (Å²) in [5.74, 6) is -0.445. The van der Waals surface area contributed by atoms with Crippen molar-refractivity contribution in [2.24, 2.45) is 0 Å². The zero-order chi connectivity index (χ0) is 16.2. The molecule has 1 aromatic carbocycles. The lowest BCUT2D eigenvalue weighted by Gasteiger charge is -2.10. The Bertz CT molecular complexity index is 873. The van der Waals surface area contributed by atoms with Crippen molar-refractivity contribution in [2.75, 3.05) is 7.11 Å². The van der Waals surface area contributed by atoms with Gasteiger partial charge in [0.15, 0.2) is 12.0 Å². The minimum absolute atomic E-state index is 0.108. The van der Waals surface area contributed by atoms with Gasteiger partial charge in [0, 0.05) is 23.4 Å². The van der Waals surface area contributed by atoms with Crippen LogP contribution in [-0.4, -0.2) is 34.1 Å². The third-order valence-electron chi connectivity index (χ3n) is 3.39. The van der Waals surface area contributed by atoms with E-state index in [4.69, 9.17) is 14.9 Å². The molecule has 0 saturated carbocycles. The van der Waals surface area contributed by atoms with E-state index in [0.29, 0.717) is 11.1 Å². The molecule has 0 unspecified atom stereocenters. The van der Waals surface area contributed by atoms with Crippen LogP contribution >= 0.6 is 0 Å². The van der Waals surface area contributed by atoms with E-state index in [9.17, 15) is 4.79 Å². The Morgan fingerprint density at radius 1 is 1.35 bits per heavy atom. The summed E-state index contributed by atoms with van der Waals surface area (Å²) in [6, 6.07) is 8.94. The summed E-state index contributed by atoms with van der Waals surface area (Å²) in [5.41, 5.74) is 3.36. The summed E-state index contributed by atoms with van der Waals surface area (Å²) in [7, 11) is 1.33. The molecule has 3 rings (SSSR count). The number of benzene rings is 1. The van der Waals surface area contributed by atoms with E-state index in [0.717, 1.165) is 23.3 Å². The highest BCUT2D eigenvalue weighted by molar-refractivity contribution is 5.91. The molecule has 0 aliphatic heterocycles. The number of ether oxygens (including phenoxy) is 2. The molecule has 0 amide bonds. The van der Waals surface area contributed by atoms with Crippen molar-refractivity contribution in [3.63, 3.8) is 0 Å². The predicted octanol–water partition coefficient (Wildman–Crippen LogP) is 2.31. The Kier molecular flexibility index (Phi) is 4.01. The highest BCUT2D eigenvalue weighted by atomic mass is 16.5. The summed E-state index contributed by atoms with van der Waals surface area (Å²) < 4.78 is 11.4. The lowest BCUT2D eigenvalue weighted by atomic mass is 10.0. The number of nitrogens with one attached hydrogen (secondary N) is 1.